The molecule has 2 rings (SSSR count). The second-order valence-corrected chi connectivity index (χ2v) is 2.03. The highest BCUT2D eigenvalue weighted by atomic mass is 16.1. The molecule has 1 N–H and O–H groups in total. The zero-order valence-electron chi connectivity index (χ0n) is 5.16. The first-order chi connectivity index (χ1) is 4.79. The van der Waals surface area contributed by atoms with Gasteiger partial charge in [-0.2, -0.15) is 0 Å². The lowest BCUT2D eigenvalue weighted by atomic mass is 10.7. The van der Waals surface area contributed by atoms with Crippen molar-refractivity contribution in [2.75, 3.05) is 0 Å². The Morgan fingerprint density at radius 1 is 1.70 bits per heavy atom. The Morgan fingerprint density at radius 2 is 2.50 bits per heavy atom. The minimum atomic E-state index is -0.183. The van der Waals surface area contributed by atoms with Crippen LogP contribution in [-0.2, 0) is 0 Å². The lowest BCUT2D eigenvalue weighted by Crippen LogP contribution is -2.21. The molecule has 0 radical (unpaired) electrons. The average Bonchev–Trinajstić information content (AvgIpc) is 2.40. The van der Waals surface area contributed by atoms with Gasteiger partial charge in [-0.05, 0) is 0 Å². The molecule has 2 aromatic heterocycles. The number of nitrogens with one attached hydrogen (secondary N) is 1. The van der Waals surface area contributed by atoms with Gasteiger partial charge in [-0.1, -0.05) is 6.58 Å². The molecule has 0 aromatic carbocycles. The normalized spacial score (nSPS) is 10.8. The molecular formula is C6H5N3O. The summed E-state index contributed by atoms with van der Waals surface area (Å²) in [7, 11) is 0. The van der Waals surface area contributed by atoms with Gasteiger partial charge < -0.3 is 4.98 Å². The van der Waals surface area contributed by atoms with Gasteiger partial charge in [0.05, 0.1) is 11.7 Å². The number of H-pyrrole nitrogens is 1. The standard InChI is InChI=1S/C6H5N3O/c1-4-7-2-5-3-8-6(10)9(4)5/h2-3H,1H2,(H,8,10). The van der Waals surface area contributed by atoms with Crippen molar-refractivity contribution in [3.05, 3.63) is 28.4 Å². The third-order valence-electron chi connectivity index (χ3n) is 1.41. The summed E-state index contributed by atoms with van der Waals surface area (Å²) in [6.45, 7) is 3.57. The lowest BCUT2D eigenvalue weighted by Gasteiger charge is -1.74. The molecular weight excluding hydrogens is 130 g/mol. The van der Waals surface area contributed by atoms with E-state index >= 15 is 0 Å². The van der Waals surface area contributed by atoms with E-state index in [1.165, 1.54) is 4.40 Å². The fraction of sp³-hybridized carbons (Fsp3) is 0. The molecule has 0 bridgehead atoms. The van der Waals surface area contributed by atoms with Crippen LogP contribution in [0, 0.1) is 0 Å². The number of imidazole rings is 2. The summed E-state index contributed by atoms with van der Waals surface area (Å²) in [5, 5.41) is 0. The van der Waals surface area contributed by atoms with Crippen LogP contribution in [0.15, 0.2) is 17.2 Å². The third-order valence-corrected chi connectivity index (χ3v) is 1.41. The van der Waals surface area contributed by atoms with Crippen LogP contribution in [0.4, 0.5) is 0 Å². The zero-order valence-corrected chi connectivity index (χ0v) is 5.16. The van der Waals surface area contributed by atoms with Crippen LogP contribution in [-0.4, -0.2) is 14.4 Å². The van der Waals surface area contributed by atoms with Crippen molar-refractivity contribution >= 4 is 12.1 Å². The van der Waals surface area contributed by atoms with Gasteiger partial charge in [0.25, 0.3) is 0 Å². The van der Waals surface area contributed by atoms with Crippen LogP contribution in [0.5, 0.6) is 0 Å². The summed E-state index contributed by atoms with van der Waals surface area (Å²) < 4.78 is 1.42. The van der Waals surface area contributed by atoms with Crippen molar-refractivity contribution in [1.82, 2.24) is 14.4 Å². The number of rotatable bonds is 0. The first kappa shape index (κ1) is 5.22. The maximum Gasteiger partial charge on any atom is 0.331 e. The second-order valence-electron chi connectivity index (χ2n) is 2.03. The molecule has 50 valence electrons. The molecule has 4 heteroatoms. The number of nitrogens with zero attached hydrogens (tertiary/aromatic N) is 2. The maximum atomic E-state index is 10.9. The average molecular weight is 135 g/mol. The van der Waals surface area contributed by atoms with Crippen LogP contribution in [0.2, 0.25) is 0 Å². The smallest absolute Gasteiger partial charge is 0.312 e. The summed E-state index contributed by atoms with van der Waals surface area (Å²) in [4.78, 5) is 17.3. The van der Waals surface area contributed by atoms with Gasteiger partial charge in [0.1, 0.15) is 5.48 Å². The molecule has 0 fully saturated rings. The van der Waals surface area contributed by atoms with Gasteiger partial charge in [0.2, 0.25) is 0 Å². The molecule has 0 spiro atoms. The Labute approximate surface area is 55.8 Å². The van der Waals surface area contributed by atoms with Crippen LogP contribution in [0.1, 0.15) is 0 Å². The van der Waals surface area contributed by atoms with Gasteiger partial charge in [-0.25, -0.2) is 14.2 Å². The summed E-state index contributed by atoms with van der Waals surface area (Å²) in [6.07, 6.45) is 3.20. The van der Waals surface area contributed by atoms with Crippen LogP contribution < -0.4 is 11.2 Å². The molecule has 10 heavy (non-hydrogen) atoms. The quantitative estimate of drug-likeness (QED) is 0.511. The van der Waals surface area contributed by atoms with Crippen molar-refractivity contribution in [2.24, 2.45) is 0 Å². The molecule has 2 heterocycles. The van der Waals surface area contributed by atoms with E-state index in [0.717, 1.165) is 5.52 Å². The fourth-order valence-electron chi connectivity index (χ4n) is 0.942. The second kappa shape index (κ2) is 1.47. The largest absolute Gasteiger partial charge is 0.331 e. The Bertz CT molecular complexity index is 413. The van der Waals surface area contributed by atoms with Crippen molar-refractivity contribution in [3.63, 3.8) is 0 Å². The van der Waals surface area contributed by atoms with Crippen LogP contribution in [0.3, 0.4) is 0 Å². The zero-order chi connectivity index (χ0) is 7.14. The Kier molecular flexibility index (Phi) is 0.768. The first-order valence-corrected chi connectivity index (χ1v) is 2.83. The van der Waals surface area contributed by atoms with Crippen LogP contribution >= 0.6 is 0 Å². The predicted octanol–water partition coefficient (Wildman–Crippen LogP) is -0.848. The number of fused-ring (bicyclic) bond motifs is 1. The van der Waals surface area contributed by atoms with Crippen molar-refractivity contribution in [3.8, 4) is 0 Å². The van der Waals surface area contributed by atoms with E-state index in [2.05, 4.69) is 16.5 Å². The van der Waals surface area contributed by atoms with Crippen molar-refractivity contribution in [1.29, 1.82) is 0 Å². The summed E-state index contributed by atoms with van der Waals surface area (Å²) in [5.74, 6) is 0. The molecule has 0 aliphatic rings. The Hall–Kier alpha value is -1.58. The number of aromatic amines is 1. The first-order valence-electron chi connectivity index (χ1n) is 2.83. The number of hydrogen-bond acceptors (Lipinski definition) is 2. The van der Waals surface area contributed by atoms with E-state index < -0.39 is 0 Å². The molecule has 0 unspecified atom stereocenters. The molecule has 0 aliphatic heterocycles. The van der Waals surface area contributed by atoms with Gasteiger partial charge in [0, 0.05) is 6.20 Å². The number of aromatic nitrogens is 3. The summed E-state index contributed by atoms with van der Waals surface area (Å²) >= 11 is 0. The lowest BCUT2D eigenvalue weighted by molar-refractivity contribution is 1.01. The predicted molar refractivity (Wildman–Crippen MR) is 36.6 cm³/mol. The van der Waals surface area contributed by atoms with Crippen molar-refractivity contribution < 1.29 is 0 Å². The highest BCUT2D eigenvalue weighted by Crippen LogP contribution is 1.88. The highest BCUT2D eigenvalue weighted by Gasteiger charge is 1.97. The number of hydrogen-bond donors (Lipinski definition) is 1. The van der Waals surface area contributed by atoms with Gasteiger partial charge in [-0.15, -0.1) is 0 Å². The van der Waals surface area contributed by atoms with Crippen molar-refractivity contribution in [2.45, 2.75) is 0 Å². The van der Waals surface area contributed by atoms with E-state index in [-0.39, 0.29) is 5.69 Å². The van der Waals surface area contributed by atoms with E-state index in [9.17, 15) is 4.79 Å². The topological polar surface area (TPSA) is 50.2 Å². The Morgan fingerprint density at radius 3 is 3.20 bits per heavy atom. The van der Waals surface area contributed by atoms with Gasteiger partial charge in [0.15, 0.2) is 0 Å². The third kappa shape index (κ3) is 0.452. The summed E-state index contributed by atoms with van der Waals surface area (Å²) in [6, 6.07) is 0. The minimum Gasteiger partial charge on any atom is -0.312 e. The van der Waals surface area contributed by atoms with Gasteiger partial charge >= 0.3 is 5.69 Å². The summed E-state index contributed by atoms with van der Waals surface area (Å²) in [5.41, 5.74) is 1.05. The molecule has 0 atom stereocenters. The maximum absolute atomic E-state index is 10.9. The SMILES string of the molecule is C=c1ncc2c[nH]c(=O)n12. The molecule has 0 saturated heterocycles. The van der Waals surface area contributed by atoms with E-state index in [4.69, 9.17) is 0 Å². The fourth-order valence-corrected chi connectivity index (χ4v) is 0.942. The minimum absolute atomic E-state index is 0.183. The molecule has 4 nitrogen and oxygen atoms in total. The van der Waals surface area contributed by atoms with E-state index in [1.54, 1.807) is 12.4 Å². The highest BCUT2D eigenvalue weighted by molar-refractivity contribution is 5.42. The van der Waals surface area contributed by atoms with E-state index in [1.807, 2.05) is 0 Å². The monoisotopic (exact) mass is 135 g/mol. The van der Waals surface area contributed by atoms with Gasteiger partial charge in [-0.3, -0.25) is 0 Å². The Balaban J connectivity index is 3.28. The molecule has 2 aromatic rings. The molecule has 0 saturated carbocycles. The molecule has 0 amide bonds. The van der Waals surface area contributed by atoms with E-state index in [0.29, 0.717) is 5.48 Å². The van der Waals surface area contributed by atoms with Crippen LogP contribution in [0.25, 0.3) is 12.1 Å². The molecule has 0 aliphatic carbocycles.